The summed E-state index contributed by atoms with van der Waals surface area (Å²) in [6, 6.07) is 5.63. The van der Waals surface area contributed by atoms with Gasteiger partial charge < -0.3 is 9.80 Å². The average molecular weight is 415 g/mol. The minimum Gasteiger partial charge on any atom is -0.339 e. The van der Waals surface area contributed by atoms with Gasteiger partial charge in [0.25, 0.3) is 5.91 Å². The Labute approximate surface area is 159 Å². The molecule has 0 spiro atoms. The van der Waals surface area contributed by atoms with Crippen molar-refractivity contribution in [1.29, 1.82) is 0 Å². The first kappa shape index (κ1) is 19.8. The van der Waals surface area contributed by atoms with Crippen LogP contribution in [0.2, 0.25) is 0 Å². The third kappa shape index (κ3) is 4.16. The van der Waals surface area contributed by atoms with E-state index in [0.29, 0.717) is 31.7 Å². The zero-order valence-corrected chi connectivity index (χ0v) is 16.6. The van der Waals surface area contributed by atoms with Crippen LogP contribution in [0.25, 0.3) is 0 Å². The van der Waals surface area contributed by atoms with Crippen molar-refractivity contribution in [2.45, 2.75) is 23.5 Å². The van der Waals surface area contributed by atoms with Crippen molar-refractivity contribution in [2.75, 3.05) is 37.7 Å². The van der Waals surface area contributed by atoms with Crippen molar-refractivity contribution < 1.29 is 26.4 Å². The summed E-state index contributed by atoms with van der Waals surface area (Å²) in [6.07, 6.45) is 0.103. The van der Waals surface area contributed by atoms with E-state index in [4.69, 9.17) is 0 Å². The number of sulfone groups is 2. The molecular formula is C17H22N2O6S2. The molecule has 2 aliphatic rings. The van der Waals surface area contributed by atoms with Crippen LogP contribution in [0.15, 0.2) is 29.2 Å². The normalized spacial score (nSPS) is 22.6. The van der Waals surface area contributed by atoms with Gasteiger partial charge >= 0.3 is 0 Å². The number of hydrogen-bond acceptors (Lipinski definition) is 6. The van der Waals surface area contributed by atoms with Crippen LogP contribution in [0.5, 0.6) is 0 Å². The van der Waals surface area contributed by atoms with Gasteiger partial charge in [0.2, 0.25) is 5.91 Å². The largest absolute Gasteiger partial charge is 0.339 e. The van der Waals surface area contributed by atoms with E-state index in [1.807, 2.05) is 0 Å². The van der Waals surface area contributed by atoms with Crippen molar-refractivity contribution in [3.8, 4) is 0 Å². The number of hydrogen-bond donors (Lipinski definition) is 0. The smallest absolute Gasteiger partial charge is 0.253 e. The third-order valence-corrected chi connectivity index (χ3v) is 9.26. The number of nitrogens with zero attached hydrogens (tertiary/aromatic N) is 2. The van der Waals surface area contributed by atoms with Crippen LogP contribution in [0, 0.1) is 0 Å². The third-order valence-electron chi connectivity index (χ3n) is 5.07. The van der Waals surface area contributed by atoms with Crippen LogP contribution >= 0.6 is 0 Å². The van der Waals surface area contributed by atoms with Crippen molar-refractivity contribution in [3.63, 3.8) is 0 Å². The highest BCUT2D eigenvalue weighted by atomic mass is 32.2. The summed E-state index contributed by atoms with van der Waals surface area (Å²) in [7, 11) is -7.04. The number of carbonyl (C=O) groups excluding carboxylic acids is 2. The lowest BCUT2D eigenvalue weighted by Crippen LogP contribution is -2.50. The van der Waals surface area contributed by atoms with Crippen LogP contribution in [-0.2, 0) is 24.5 Å². The summed E-state index contributed by atoms with van der Waals surface area (Å²) < 4.78 is 48.3. The van der Waals surface area contributed by atoms with Gasteiger partial charge in [-0.05, 0) is 30.7 Å². The number of amides is 2. The molecule has 0 bridgehead atoms. The molecule has 27 heavy (non-hydrogen) atoms. The van der Waals surface area contributed by atoms with E-state index < -0.39 is 24.9 Å². The molecule has 1 atom stereocenters. The monoisotopic (exact) mass is 414 g/mol. The molecule has 0 saturated carbocycles. The van der Waals surface area contributed by atoms with Gasteiger partial charge in [-0.15, -0.1) is 0 Å². The lowest BCUT2D eigenvalue weighted by atomic mass is 10.2. The Balaban J connectivity index is 1.70. The van der Waals surface area contributed by atoms with Gasteiger partial charge in [0, 0.05) is 38.7 Å². The minimum atomic E-state index is -3.74. The van der Waals surface area contributed by atoms with Crippen molar-refractivity contribution >= 4 is 31.5 Å². The van der Waals surface area contributed by atoms with Gasteiger partial charge in [-0.3, -0.25) is 9.59 Å². The fraction of sp³-hybridized carbons (Fsp3) is 0.529. The first-order chi connectivity index (χ1) is 12.6. The molecule has 148 valence electrons. The van der Waals surface area contributed by atoms with E-state index in [0.717, 1.165) is 0 Å². The number of carbonyl (C=O) groups is 2. The number of benzene rings is 1. The van der Waals surface area contributed by atoms with E-state index in [1.165, 1.54) is 31.2 Å². The molecule has 1 aromatic rings. The molecule has 0 aliphatic carbocycles. The zero-order chi connectivity index (χ0) is 19.8. The maximum atomic E-state index is 12.6. The molecule has 2 amide bonds. The summed E-state index contributed by atoms with van der Waals surface area (Å²) in [6.45, 7) is 3.30. The van der Waals surface area contributed by atoms with Gasteiger partial charge in [-0.1, -0.05) is 0 Å². The maximum Gasteiger partial charge on any atom is 0.253 e. The molecule has 10 heteroatoms. The quantitative estimate of drug-likeness (QED) is 0.686. The number of piperazine rings is 1. The van der Waals surface area contributed by atoms with Crippen LogP contribution in [-0.4, -0.2) is 81.4 Å². The van der Waals surface area contributed by atoms with Crippen LogP contribution < -0.4 is 0 Å². The Kier molecular flexibility index (Phi) is 5.31. The second kappa shape index (κ2) is 7.23. The average Bonchev–Trinajstić information content (AvgIpc) is 3.02. The standard InChI is InChI=1S/C17H22N2O6S2/c1-13(20)18-7-9-19(10-8-18)17(21)14-2-4-15(5-3-14)27(24,25)16-6-11-26(22,23)12-16/h2-5,16H,6-12H2,1H3/t16-/m0/s1. The van der Waals surface area contributed by atoms with E-state index in [2.05, 4.69) is 0 Å². The second-order valence-electron chi connectivity index (χ2n) is 6.89. The summed E-state index contributed by atoms with van der Waals surface area (Å²) >= 11 is 0. The molecule has 2 saturated heterocycles. The van der Waals surface area contributed by atoms with Crippen molar-refractivity contribution in [3.05, 3.63) is 29.8 Å². The molecule has 0 radical (unpaired) electrons. The Morgan fingerprint density at radius 1 is 1.00 bits per heavy atom. The SMILES string of the molecule is CC(=O)N1CCN(C(=O)c2ccc(S(=O)(=O)[C@H]3CCS(=O)(=O)C3)cc2)CC1. The lowest BCUT2D eigenvalue weighted by Gasteiger charge is -2.34. The minimum absolute atomic E-state index is 0.0226. The Bertz CT molecular complexity index is 946. The molecule has 0 N–H and O–H groups in total. The Morgan fingerprint density at radius 2 is 1.56 bits per heavy atom. The van der Waals surface area contributed by atoms with Crippen molar-refractivity contribution in [1.82, 2.24) is 9.80 Å². The highest BCUT2D eigenvalue weighted by molar-refractivity contribution is 7.96. The van der Waals surface area contributed by atoms with Gasteiger partial charge in [0.15, 0.2) is 19.7 Å². The molecule has 3 rings (SSSR count). The summed E-state index contributed by atoms with van der Waals surface area (Å²) in [5.41, 5.74) is 0.365. The highest BCUT2D eigenvalue weighted by Crippen LogP contribution is 2.25. The predicted octanol–water partition coefficient (Wildman–Crippen LogP) is -0.0483. The van der Waals surface area contributed by atoms with Crippen molar-refractivity contribution in [2.24, 2.45) is 0 Å². The fourth-order valence-electron chi connectivity index (χ4n) is 3.39. The van der Waals surface area contributed by atoms with Gasteiger partial charge in [-0.2, -0.15) is 0 Å². The van der Waals surface area contributed by atoms with Gasteiger partial charge in [0.05, 0.1) is 21.7 Å². The molecule has 8 nitrogen and oxygen atoms in total. The van der Waals surface area contributed by atoms with Gasteiger partial charge in [-0.25, -0.2) is 16.8 Å². The summed E-state index contributed by atoms with van der Waals surface area (Å²) in [5.74, 6) is -0.702. The molecule has 0 aromatic heterocycles. The summed E-state index contributed by atoms with van der Waals surface area (Å²) in [4.78, 5) is 27.3. The van der Waals surface area contributed by atoms with E-state index in [-0.39, 0.29) is 34.6 Å². The highest BCUT2D eigenvalue weighted by Gasteiger charge is 2.38. The first-order valence-electron chi connectivity index (χ1n) is 8.69. The fourth-order valence-corrected chi connectivity index (χ4v) is 7.75. The Hall–Kier alpha value is -1.94. The van der Waals surface area contributed by atoms with Crippen LogP contribution in [0.4, 0.5) is 0 Å². The maximum absolute atomic E-state index is 12.6. The van der Waals surface area contributed by atoms with E-state index >= 15 is 0 Å². The number of rotatable bonds is 3. The molecule has 0 unspecified atom stereocenters. The Morgan fingerprint density at radius 3 is 2.04 bits per heavy atom. The van der Waals surface area contributed by atoms with Gasteiger partial charge in [0.1, 0.15) is 0 Å². The van der Waals surface area contributed by atoms with Crippen LogP contribution in [0.1, 0.15) is 23.7 Å². The topological polar surface area (TPSA) is 109 Å². The molecule has 1 aromatic carbocycles. The lowest BCUT2D eigenvalue weighted by molar-refractivity contribution is -0.130. The molecule has 2 heterocycles. The van der Waals surface area contributed by atoms with E-state index in [9.17, 15) is 26.4 Å². The zero-order valence-electron chi connectivity index (χ0n) is 15.0. The molecular weight excluding hydrogens is 392 g/mol. The first-order valence-corrected chi connectivity index (χ1v) is 12.1. The van der Waals surface area contributed by atoms with Crippen LogP contribution in [0.3, 0.4) is 0 Å². The predicted molar refractivity (Wildman–Crippen MR) is 98.8 cm³/mol. The molecule has 2 fully saturated rings. The molecule has 2 aliphatic heterocycles. The van der Waals surface area contributed by atoms with E-state index in [1.54, 1.807) is 9.80 Å². The summed E-state index contributed by atoms with van der Waals surface area (Å²) in [5, 5.41) is -0.927. The second-order valence-corrected chi connectivity index (χ2v) is 11.3.